The van der Waals surface area contributed by atoms with Crippen LogP contribution in [0.15, 0.2) is 103 Å². The van der Waals surface area contributed by atoms with E-state index in [0.29, 0.717) is 0 Å². The molecule has 0 aromatic heterocycles. The summed E-state index contributed by atoms with van der Waals surface area (Å²) < 4.78 is 0. The molecule has 0 spiro atoms. The van der Waals surface area contributed by atoms with Crippen LogP contribution < -0.4 is 0 Å². The lowest BCUT2D eigenvalue weighted by atomic mass is 10.1. The quantitative estimate of drug-likeness (QED) is 0.544. The monoisotopic (exact) mass is 332 g/mol. The zero-order valence-electron chi connectivity index (χ0n) is 14.7. The Labute approximate surface area is 156 Å². The molecule has 124 valence electrons. The topological polar surface area (TPSA) is 0 Å². The van der Waals surface area contributed by atoms with Crippen molar-refractivity contribution in [2.24, 2.45) is 0 Å². The SMILES string of the molecule is C(#Cc1ccccc1)C(C#Cc1ccccc1)=CCCc1ccccc1. The van der Waals surface area contributed by atoms with E-state index in [1.807, 2.05) is 66.7 Å². The van der Waals surface area contributed by atoms with Gasteiger partial charge in [0, 0.05) is 11.1 Å². The van der Waals surface area contributed by atoms with Crippen molar-refractivity contribution in [3.05, 3.63) is 119 Å². The Morgan fingerprint density at radius 3 is 1.58 bits per heavy atom. The number of allylic oxidation sites excluding steroid dienone is 2. The van der Waals surface area contributed by atoms with Gasteiger partial charge >= 0.3 is 0 Å². The van der Waals surface area contributed by atoms with Gasteiger partial charge in [-0.2, -0.15) is 0 Å². The lowest BCUT2D eigenvalue weighted by Crippen LogP contribution is -1.84. The molecule has 0 aliphatic rings. The van der Waals surface area contributed by atoms with Gasteiger partial charge in [0.2, 0.25) is 0 Å². The minimum atomic E-state index is 0.869. The van der Waals surface area contributed by atoms with Crippen molar-refractivity contribution in [1.82, 2.24) is 0 Å². The molecule has 0 unspecified atom stereocenters. The Bertz CT molecular complexity index is 898. The fourth-order valence-corrected chi connectivity index (χ4v) is 2.48. The zero-order valence-corrected chi connectivity index (χ0v) is 14.7. The second-order valence-electron chi connectivity index (χ2n) is 5.87. The molecule has 0 fully saturated rings. The van der Waals surface area contributed by atoms with Crippen molar-refractivity contribution in [1.29, 1.82) is 0 Å². The van der Waals surface area contributed by atoms with Crippen LogP contribution in [0, 0.1) is 23.7 Å². The number of aryl methyl sites for hydroxylation is 1. The molecule has 0 amide bonds. The number of rotatable bonds is 3. The van der Waals surface area contributed by atoms with Crippen LogP contribution >= 0.6 is 0 Å². The third-order valence-electron chi connectivity index (χ3n) is 3.85. The lowest BCUT2D eigenvalue weighted by molar-refractivity contribution is 0.999. The highest BCUT2D eigenvalue weighted by Gasteiger charge is 1.92. The van der Waals surface area contributed by atoms with Crippen LogP contribution in [0.2, 0.25) is 0 Å². The molecular weight excluding hydrogens is 312 g/mol. The molecule has 0 atom stereocenters. The maximum atomic E-state index is 3.23. The van der Waals surface area contributed by atoms with E-state index >= 15 is 0 Å². The van der Waals surface area contributed by atoms with Crippen LogP contribution in [-0.2, 0) is 6.42 Å². The molecule has 0 aliphatic heterocycles. The third-order valence-corrected chi connectivity index (χ3v) is 3.85. The van der Waals surface area contributed by atoms with Crippen molar-refractivity contribution in [2.45, 2.75) is 12.8 Å². The Hall–Kier alpha value is -3.48. The van der Waals surface area contributed by atoms with Gasteiger partial charge in [0.05, 0.1) is 5.57 Å². The summed E-state index contributed by atoms with van der Waals surface area (Å²) in [4.78, 5) is 0. The van der Waals surface area contributed by atoms with Gasteiger partial charge in [0.25, 0.3) is 0 Å². The first-order valence-corrected chi connectivity index (χ1v) is 8.78. The molecule has 0 radical (unpaired) electrons. The molecule has 0 N–H and O–H groups in total. The Balaban J connectivity index is 1.78. The van der Waals surface area contributed by atoms with Gasteiger partial charge in [-0.15, -0.1) is 0 Å². The van der Waals surface area contributed by atoms with Gasteiger partial charge in [0.15, 0.2) is 0 Å². The fourth-order valence-electron chi connectivity index (χ4n) is 2.48. The van der Waals surface area contributed by atoms with E-state index in [2.05, 4.69) is 54.0 Å². The molecule has 3 aromatic carbocycles. The summed E-state index contributed by atoms with van der Waals surface area (Å²) in [6, 6.07) is 30.5. The largest absolute Gasteiger partial charge is 0.0711 e. The Morgan fingerprint density at radius 1 is 0.615 bits per heavy atom. The Kier molecular flexibility index (Phi) is 6.49. The first kappa shape index (κ1) is 17.3. The number of benzene rings is 3. The number of hydrogen-bond donors (Lipinski definition) is 0. The van der Waals surface area contributed by atoms with Crippen LogP contribution in [-0.4, -0.2) is 0 Å². The maximum absolute atomic E-state index is 3.23. The van der Waals surface area contributed by atoms with Crippen molar-refractivity contribution in [3.63, 3.8) is 0 Å². The van der Waals surface area contributed by atoms with Crippen molar-refractivity contribution < 1.29 is 0 Å². The van der Waals surface area contributed by atoms with Gasteiger partial charge in [-0.3, -0.25) is 0 Å². The average Bonchev–Trinajstić information content (AvgIpc) is 2.72. The summed E-state index contributed by atoms with van der Waals surface area (Å²) in [6.45, 7) is 0. The molecule has 0 heterocycles. The molecule has 0 saturated carbocycles. The highest BCUT2D eigenvalue weighted by molar-refractivity contribution is 5.51. The highest BCUT2D eigenvalue weighted by atomic mass is 14.0. The van der Waals surface area contributed by atoms with Gasteiger partial charge in [0.1, 0.15) is 0 Å². The van der Waals surface area contributed by atoms with E-state index in [1.54, 1.807) is 0 Å². The van der Waals surface area contributed by atoms with Gasteiger partial charge in [-0.1, -0.05) is 96.5 Å². The Morgan fingerprint density at radius 2 is 1.08 bits per heavy atom. The van der Waals surface area contributed by atoms with E-state index in [0.717, 1.165) is 29.5 Å². The molecule has 0 aliphatic carbocycles. The third kappa shape index (κ3) is 5.86. The normalized spacial score (nSPS) is 9.23. The van der Waals surface area contributed by atoms with Gasteiger partial charge in [-0.25, -0.2) is 0 Å². The van der Waals surface area contributed by atoms with Crippen LogP contribution in [0.5, 0.6) is 0 Å². The van der Waals surface area contributed by atoms with E-state index in [9.17, 15) is 0 Å². The second-order valence-corrected chi connectivity index (χ2v) is 5.87. The predicted octanol–water partition coefficient (Wildman–Crippen LogP) is 5.65. The van der Waals surface area contributed by atoms with Crippen LogP contribution in [0.4, 0.5) is 0 Å². The molecule has 3 aromatic rings. The molecule has 0 saturated heterocycles. The summed E-state index contributed by atoms with van der Waals surface area (Å²) >= 11 is 0. The molecule has 0 nitrogen and oxygen atoms in total. The van der Waals surface area contributed by atoms with E-state index in [1.165, 1.54) is 5.56 Å². The summed E-state index contributed by atoms with van der Waals surface area (Å²) in [6.07, 6.45) is 4.05. The molecule has 3 rings (SSSR count). The van der Waals surface area contributed by atoms with Crippen molar-refractivity contribution in [2.75, 3.05) is 0 Å². The molecule has 26 heavy (non-hydrogen) atoms. The first-order valence-electron chi connectivity index (χ1n) is 8.78. The van der Waals surface area contributed by atoms with Gasteiger partial charge < -0.3 is 0 Å². The van der Waals surface area contributed by atoms with E-state index < -0.39 is 0 Å². The minimum Gasteiger partial charge on any atom is -0.0622 e. The molecular formula is C26H20. The van der Waals surface area contributed by atoms with E-state index in [4.69, 9.17) is 0 Å². The molecule has 0 heteroatoms. The minimum absolute atomic E-state index is 0.869. The summed E-state index contributed by atoms with van der Waals surface area (Å²) in [5.41, 5.74) is 4.20. The summed E-state index contributed by atoms with van der Waals surface area (Å²) in [5, 5.41) is 0. The van der Waals surface area contributed by atoms with Crippen LogP contribution in [0.25, 0.3) is 0 Å². The smallest absolute Gasteiger partial charge is 0.0622 e. The van der Waals surface area contributed by atoms with Gasteiger partial charge in [-0.05, 0) is 42.7 Å². The predicted molar refractivity (Wildman–Crippen MR) is 109 cm³/mol. The standard InChI is InChI=1S/C26H20/c1-4-11-23(12-5-1)17-10-18-26(21-19-24-13-6-2-7-14-24)22-20-25-15-8-3-9-16-25/h1-9,11-16,18H,10,17H2. The molecule has 0 bridgehead atoms. The fraction of sp³-hybridized carbons (Fsp3) is 0.0769. The zero-order chi connectivity index (χ0) is 17.9. The first-order chi connectivity index (χ1) is 12.9. The van der Waals surface area contributed by atoms with Crippen LogP contribution in [0.1, 0.15) is 23.1 Å². The average molecular weight is 332 g/mol. The lowest BCUT2D eigenvalue weighted by Gasteiger charge is -1.97. The second kappa shape index (κ2) is 9.73. The highest BCUT2D eigenvalue weighted by Crippen LogP contribution is 2.06. The summed E-state index contributed by atoms with van der Waals surface area (Å²) in [5.74, 6) is 12.9. The van der Waals surface area contributed by atoms with Crippen molar-refractivity contribution in [3.8, 4) is 23.7 Å². The van der Waals surface area contributed by atoms with E-state index in [-0.39, 0.29) is 0 Å². The summed E-state index contributed by atoms with van der Waals surface area (Å²) in [7, 11) is 0. The number of hydrogen-bond acceptors (Lipinski definition) is 0. The van der Waals surface area contributed by atoms with Crippen molar-refractivity contribution >= 4 is 0 Å². The maximum Gasteiger partial charge on any atom is 0.0711 e. The van der Waals surface area contributed by atoms with Crippen LogP contribution in [0.3, 0.4) is 0 Å².